The van der Waals surface area contributed by atoms with Crippen molar-refractivity contribution in [1.29, 1.82) is 0 Å². The molecule has 0 unspecified atom stereocenters. The molecule has 0 spiro atoms. The highest BCUT2D eigenvalue weighted by Gasteiger charge is 2.18. The monoisotopic (exact) mass is 684 g/mol. The van der Waals surface area contributed by atoms with Crippen LogP contribution in [-0.2, 0) is 13.1 Å². The van der Waals surface area contributed by atoms with Crippen LogP contribution in [0.5, 0.6) is 0 Å². The van der Waals surface area contributed by atoms with Crippen LogP contribution in [0.1, 0.15) is 11.1 Å². The maximum atomic E-state index is 13.6. The van der Waals surface area contributed by atoms with E-state index in [2.05, 4.69) is 141 Å². The molecule has 0 radical (unpaired) electrons. The van der Waals surface area contributed by atoms with Crippen molar-refractivity contribution in [3.8, 4) is 11.1 Å². The molecular weight excluding hydrogens is 647 g/mol. The SMILES string of the molecule is CN(c1ccc(F)cc1)c1cc[n+](Cc2ccc(-c3ccc(C[n+]4ccc(N(C)c5ccc(F)cc5)c5ccccc54)cc3)cc2)c2ccccc12. The second-order valence-electron chi connectivity index (χ2n) is 13.2. The van der Waals surface area contributed by atoms with Crippen LogP contribution in [-0.4, -0.2) is 14.1 Å². The summed E-state index contributed by atoms with van der Waals surface area (Å²) in [4.78, 5) is 4.19. The zero-order valence-electron chi connectivity index (χ0n) is 29.1. The van der Waals surface area contributed by atoms with Crippen LogP contribution in [0.2, 0.25) is 0 Å². The Balaban J connectivity index is 0.984. The molecule has 0 saturated carbocycles. The minimum absolute atomic E-state index is 0.240. The lowest BCUT2D eigenvalue weighted by molar-refractivity contribution is -0.662. The Labute approximate surface area is 302 Å². The fraction of sp³-hybridized carbons (Fsp3) is 0.0870. The van der Waals surface area contributed by atoms with Crippen LogP contribution >= 0.6 is 0 Å². The van der Waals surface area contributed by atoms with Crippen molar-refractivity contribution in [2.45, 2.75) is 13.1 Å². The average molecular weight is 685 g/mol. The van der Waals surface area contributed by atoms with Gasteiger partial charge in [0, 0.05) is 60.9 Å². The number of halogens is 2. The lowest BCUT2D eigenvalue weighted by atomic mass is 10.0. The van der Waals surface area contributed by atoms with Gasteiger partial charge in [-0.05, 0) is 71.8 Å². The Morgan fingerprint density at radius 3 is 1.17 bits per heavy atom. The number of fused-ring (bicyclic) bond motifs is 2. The summed E-state index contributed by atoms with van der Waals surface area (Å²) in [7, 11) is 4.03. The lowest BCUT2D eigenvalue weighted by Gasteiger charge is -2.20. The van der Waals surface area contributed by atoms with Gasteiger partial charge in [-0.3, -0.25) is 0 Å². The van der Waals surface area contributed by atoms with E-state index < -0.39 is 0 Å². The number of nitrogens with zero attached hydrogens (tertiary/aromatic N) is 4. The summed E-state index contributed by atoms with van der Waals surface area (Å²) in [6.45, 7) is 1.48. The Morgan fingerprint density at radius 2 is 0.788 bits per heavy atom. The summed E-state index contributed by atoms with van der Waals surface area (Å²) in [5.74, 6) is -0.479. The maximum absolute atomic E-state index is 13.6. The van der Waals surface area contributed by atoms with Crippen molar-refractivity contribution in [3.63, 3.8) is 0 Å². The van der Waals surface area contributed by atoms with E-state index in [9.17, 15) is 8.78 Å². The van der Waals surface area contributed by atoms with E-state index in [4.69, 9.17) is 0 Å². The molecule has 0 atom stereocenters. The summed E-state index contributed by atoms with van der Waals surface area (Å²) in [6, 6.07) is 51.9. The molecule has 2 heterocycles. The van der Waals surface area contributed by atoms with Crippen LogP contribution in [0.4, 0.5) is 31.5 Å². The number of benzene rings is 6. The number of pyridine rings is 2. The average Bonchev–Trinajstić information content (AvgIpc) is 3.19. The minimum atomic E-state index is -0.240. The summed E-state index contributed by atoms with van der Waals surface area (Å²) in [5, 5.41) is 2.26. The van der Waals surface area contributed by atoms with Crippen molar-refractivity contribution in [2.24, 2.45) is 0 Å². The lowest BCUT2D eigenvalue weighted by Crippen LogP contribution is -2.35. The molecule has 0 fully saturated rings. The first-order valence-electron chi connectivity index (χ1n) is 17.4. The topological polar surface area (TPSA) is 14.2 Å². The number of anilines is 4. The van der Waals surface area contributed by atoms with Crippen LogP contribution in [0, 0.1) is 11.6 Å². The smallest absolute Gasteiger partial charge is 0.214 e. The highest BCUT2D eigenvalue weighted by molar-refractivity contribution is 5.92. The highest BCUT2D eigenvalue weighted by Crippen LogP contribution is 2.31. The number of aromatic nitrogens is 2. The van der Waals surface area contributed by atoms with Gasteiger partial charge in [0.05, 0.1) is 22.1 Å². The Bertz CT molecular complexity index is 2320. The van der Waals surface area contributed by atoms with Gasteiger partial charge in [-0.25, -0.2) is 8.78 Å². The summed E-state index contributed by atoms with van der Waals surface area (Å²) in [5.41, 5.74) is 11.0. The second kappa shape index (κ2) is 14.1. The first kappa shape index (κ1) is 32.8. The quantitative estimate of drug-likeness (QED) is 0.141. The van der Waals surface area contributed by atoms with Crippen LogP contribution in [0.15, 0.2) is 170 Å². The van der Waals surface area contributed by atoms with Gasteiger partial charge in [-0.1, -0.05) is 72.8 Å². The van der Waals surface area contributed by atoms with Gasteiger partial charge in [0.25, 0.3) is 0 Å². The Morgan fingerprint density at radius 1 is 0.423 bits per heavy atom. The molecule has 0 aliphatic carbocycles. The molecule has 254 valence electrons. The third kappa shape index (κ3) is 6.59. The van der Waals surface area contributed by atoms with E-state index in [0.717, 1.165) is 57.6 Å². The van der Waals surface area contributed by atoms with Crippen LogP contribution < -0.4 is 18.9 Å². The predicted molar refractivity (Wildman–Crippen MR) is 207 cm³/mol. The zero-order chi connectivity index (χ0) is 35.6. The molecule has 8 rings (SSSR count). The molecule has 0 N–H and O–H groups in total. The van der Waals surface area contributed by atoms with Gasteiger partial charge in [0.2, 0.25) is 11.0 Å². The summed E-state index contributed by atoms with van der Waals surface area (Å²) < 4.78 is 31.7. The van der Waals surface area contributed by atoms with Crippen molar-refractivity contribution < 1.29 is 17.9 Å². The molecule has 6 heteroatoms. The number of para-hydroxylation sites is 2. The van der Waals surface area contributed by atoms with Crippen LogP contribution in [0.25, 0.3) is 32.9 Å². The number of rotatable bonds is 9. The molecule has 0 aliphatic heterocycles. The molecule has 52 heavy (non-hydrogen) atoms. The van der Waals surface area contributed by atoms with E-state index in [0.29, 0.717) is 0 Å². The van der Waals surface area contributed by atoms with Crippen LogP contribution in [0.3, 0.4) is 0 Å². The first-order chi connectivity index (χ1) is 25.4. The normalized spacial score (nSPS) is 11.2. The number of hydrogen-bond acceptors (Lipinski definition) is 2. The standard InChI is InChI=1S/C46H38F2N4/c1-49(39-23-19-37(47)20-24-39)43-27-29-51(45-9-5-3-7-41(43)45)31-33-11-15-35(16-12-33)36-17-13-34(14-18-36)32-52-30-28-44(42-8-4-6-10-46(42)52)50(2)40-25-21-38(48)22-26-40/h3-30H,31-32H2,1-2H3/q+2. The largest absolute Gasteiger partial charge is 0.344 e. The van der Waals surface area contributed by atoms with Gasteiger partial charge >= 0.3 is 0 Å². The molecule has 8 aromatic rings. The third-order valence-electron chi connectivity index (χ3n) is 9.90. The highest BCUT2D eigenvalue weighted by atomic mass is 19.1. The van der Waals surface area contributed by atoms with Gasteiger partial charge in [0.1, 0.15) is 11.6 Å². The number of hydrogen-bond donors (Lipinski definition) is 0. The first-order valence-corrected chi connectivity index (χ1v) is 17.4. The Hall–Kier alpha value is -6.40. The molecule has 0 amide bonds. The van der Waals surface area contributed by atoms with E-state index in [1.54, 1.807) is 24.3 Å². The van der Waals surface area contributed by atoms with E-state index in [1.807, 2.05) is 14.1 Å². The van der Waals surface area contributed by atoms with Gasteiger partial charge < -0.3 is 9.80 Å². The predicted octanol–water partition coefficient (Wildman–Crippen LogP) is 10.1. The zero-order valence-corrected chi connectivity index (χ0v) is 29.1. The van der Waals surface area contributed by atoms with Gasteiger partial charge in [0.15, 0.2) is 25.5 Å². The minimum Gasteiger partial charge on any atom is -0.344 e. The van der Waals surface area contributed by atoms with E-state index in [1.165, 1.54) is 46.5 Å². The molecule has 0 aliphatic rings. The molecule has 6 aromatic carbocycles. The van der Waals surface area contributed by atoms with E-state index in [-0.39, 0.29) is 11.6 Å². The molecule has 2 aromatic heterocycles. The second-order valence-corrected chi connectivity index (χ2v) is 13.2. The van der Waals surface area contributed by atoms with E-state index >= 15 is 0 Å². The van der Waals surface area contributed by atoms with Gasteiger partial charge in [-0.2, -0.15) is 9.13 Å². The fourth-order valence-corrected chi connectivity index (χ4v) is 7.01. The molecule has 0 bridgehead atoms. The molecule has 0 saturated heterocycles. The third-order valence-corrected chi connectivity index (χ3v) is 9.90. The van der Waals surface area contributed by atoms with Crippen molar-refractivity contribution in [1.82, 2.24) is 0 Å². The molecular formula is C46H38F2N4+2. The van der Waals surface area contributed by atoms with Crippen molar-refractivity contribution >= 4 is 44.6 Å². The van der Waals surface area contributed by atoms with Crippen molar-refractivity contribution in [2.75, 3.05) is 23.9 Å². The summed E-state index contributed by atoms with van der Waals surface area (Å²) >= 11 is 0. The Kier molecular flexibility index (Phi) is 8.88. The fourth-order valence-electron chi connectivity index (χ4n) is 7.01. The van der Waals surface area contributed by atoms with Gasteiger partial charge in [-0.15, -0.1) is 0 Å². The maximum Gasteiger partial charge on any atom is 0.214 e. The van der Waals surface area contributed by atoms with Crippen molar-refractivity contribution in [3.05, 3.63) is 193 Å². The molecule has 4 nitrogen and oxygen atoms in total. The summed E-state index contributed by atoms with van der Waals surface area (Å²) in [6.07, 6.45) is 4.26.